The molecule has 0 bridgehead atoms. The topological polar surface area (TPSA) is 43.4 Å². The largest absolute Gasteiger partial charge is 0.423 e. The first kappa shape index (κ1) is 13.7. The molecule has 0 fully saturated rings. The van der Waals surface area contributed by atoms with E-state index in [0.29, 0.717) is 16.9 Å². The summed E-state index contributed by atoms with van der Waals surface area (Å²) in [7, 11) is 0. The molecule has 0 aliphatic heterocycles. The smallest absolute Gasteiger partial charge is 0.344 e. The molecule has 0 aliphatic rings. The molecule has 0 saturated carbocycles. The summed E-state index contributed by atoms with van der Waals surface area (Å²) in [5, 5.41) is 0. The molecule has 0 aliphatic carbocycles. The van der Waals surface area contributed by atoms with Crippen LogP contribution in [-0.4, -0.2) is 11.8 Å². The fourth-order valence-corrected chi connectivity index (χ4v) is 2.15. The molecule has 0 atom stereocenters. The third kappa shape index (κ3) is 3.41. The van der Waals surface area contributed by atoms with E-state index in [1.807, 2.05) is 12.1 Å². The van der Waals surface area contributed by atoms with E-state index in [0.717, 1.165) is 3.57 Å². The van der Waals surface area contributed by atoms with E-state index in [-0.39, 0.29) is 5.78 Å². The van der Waals surface area contributed by atoms with Gasteiger partial charge in [-0.15, -0.1) is 0 Å². The Hall–Kier alpha value is -1.69. The van der Waals surface area contributed by atoms with E-state index >= 15 is 0 Å². The fraction of sp³-hybridized carbons (Fsp3) is 0.0667. The SMILES string of the molecule is CC(=O)c1ccc(OC(=O)c2ccccc2I)cc1. The van der Waals surface area contributed by atoms with Crippen LogP contribution in [0.5, 0.6) is 5.75 Å². The van der Waals surface area contributed by atoms with Crippen molar-refractivity contribution in [1.82, 2.24) is 0 Å². The first-order valence-electron chi connectivity index (χ1n) is 5.65. The first-order chi connectivity index (χ1) is 9.08. The number of hydrogen-bond donors (Lipinski definition) is 0. The summed E-state index contributed by atoms with van der Waals surface area (Å²) in [5.41, 5.74) is 1.12. The number of ketones is 1. The minimum absolute atomic E-state index is 0.0181. The highest BCUT2D eigenvalue weighted by Crippen LogP contribution is 2.17. The van der Waals surface area contributed by atoms with Gasteiger partial charge in [-0.1, -0.05) is 12.1 Å². The molecule has 96 valence electrons. The lowest BCUT2D eigenvalue weighted by Gasteiger charge is -2.06. The Kier molecular flexibility index (Phi) is 4.31. The number of esters is 1. The van der Waals surface area contributed by atoms with Crippen LogP contribution in [0.4, 0.5) is 0 Å². The van der Waals surface area contributed by atoms with Crippen LogP contribution in [0, 0.1) is 3.57 Å². The number of rotatable bonds is 3. The summed E-state index contributed by atoms with van der Waals surface area (Å²) in [6, 6.07) is 13.7. The zero-order valence-corrected chi connectivity index (χ0v) is 12.4. The van der Waals surface area contributed by atoms with Crippen LogP contribution in [-0.2, 0) is 0 Å². The summed E-state index contributed by atoms with van der Waals surface area (Å²) in [5.74, 6) is 0.00529. The lowest BCUT2D eigenvalue weighted by atomic mass is 10.1. The van der Waals surface area contributed by atoms with E-state index < -0.39 is 5.97 Å². The van der Waals surface area contributed by atoms with Gasteiger partial charge in [-0.25, -0.2) is 4.79 Å². The van der Waals surface area contributed by atoms with Gasteiger partial charge >= 0.3 is 5.97 Å². The van der Waals surface area contributed by atoms with Crippen LogP contribution in [0.3, 0.4) is 0 Å². The Bertz CT molecular complexity index is 618. The van der Waals surface area contributed by atoms with Crippen molar-refractivity contribution >= 4 is 34.3 Å². The third-order valence-corrected chi connectivity index (χ3v) is 3.51. The zero-order valence-electron chi connectivity index (χ0n) is 10.2. The standard InChI is InChI=1S/C15H11IO3/c1-10(17)11-6-8-12(9-7-11)19-15(18)13-4-2-3-5-14(13)16/h2-9H,1H3. The maximum absolute atomic E-state index is 12.0. The molecule has 0 heterocycles. The van der Waals surface area contributed by atoms with Gasteiger partial charge in [-0.05, 0) is 65.9 Å². The van der Waals surface area contributed by atoms with Crippen LogP contribution in [0.15, 0.2) is 48.5 Å². The molecule has 4 heteroatoms. The molecule has 0 aromatic heterocycles. The van der Waals surface area contributed by atoms with Gasteiger partial charge in [0.2, 0.25) is 0 Å². The van der Waals surface area contributed by atoms with Crippen molar-refractivity contribution in [3.8, 4) is 5.75 Å². The lowest BCUT2D eigenvalue weighted by molar-refractivity contribution is 0.0733. The van der Waals surface area contributed by atoms with Gasteiger partial charge in [0.15, 0.2) is 5.78 Å². The van der Waals surface area contributed by atoms with Gasteiger partial charge in [0.05, 0.1) is 5.56 Å². The van der Waals surface area contributed by atoms with Crippen molar-refractivity contribution in [2.24, 2.45) is 0 Å². The van der Waals surface area contributed by atoms with Crippen LogP contribution >= 0.6 is 22.6 Å². The number of carbonyl (C=O) groups is 2. The molecule has 0 unspecified atom stereocenters. The normalized spacial score (nSPS) is 10.0. The van der Waals surface area contributed by atoms with Crippen molar-refractivity contribution in [3.63, 3.8) is 0 Å². The Morgan fingerprint density at radius 2 is 1.63 bits per heavy atom. The van der Waals surface area contributed by atoms with Crippen molar-refractivity contribution in [2.75, 3.05) is 0 Å². The zero-order chi connectivity index (χ0) is 13.8. The fourth-order valence-electron chi connectivity index (χ4n) is 1.55. The highest BCUT2D eigenvalue weighted by molar-refractivity contribution is 14.1. The summed E-state index contributed by atoms with van der Waals surface area (Å²) in [6.45, 7) is 1.49. The maximum Gasteiger partial charge on any atom is 0.344 e. The second-order valence-electron chi connectivity index (χ2n) is 3.95. The first-order valence-corrected chi connectivity index (χ1v) is 6.73. The maximum atomic E-state index is 12.0. The molecular weight excluding hydrogens is 355 g/mol. The van der Waals surface area contributed by atoms with Crippen molar-refractivity contribution in [3.05, 3.63) is 63.2 Å². The second-order valence-corrected chi connectivity index (χ2v) is 5.11. The predicted molar refractivity (Wildman–Crippen MR) is 80.6 cm³/mol. The van der Waals surface area contributed by atoms with Gasteiger partial charge < -0.3 is 4.74 Å². The van der Waals surface area contributed by atoms with Crippen LogP contribution < -0.4 is 4.74 Å². The van der Waals surface area contributed by atoms with E-state index in [9.17, 15) is 9.59 Å². The highest BCUT2D eigenvalue weighted by atomic mass is 127. The molecule has 0 spiro atoms. The number of benzene rings is 2. The molecule has 0 amide bonds. The van der Waals surface area contributed by atoms with Crippen LogP contribution in [0.2, 0.25) is 0 Å². The average molecular weight is 366 g/mol. The van der Waals surface area contributed by atoms with Crippen molar-refractivity contribution < 1.29 is 14.3 Å². The minimum Gasteiger partial charge on any atom is -0.423 e. The third-order valence-electron chi connectivity index (χ3n) is 2.57. The van der Waals surface area contributed by atoms with E-state index in [2.05, 4.69) is 22.6 Å². The molecule has 0 radical (unpaired) electrons. The highest BCUT2D eigenvalue weighted by Gasteiger charge is 2.11. The molecule has 0 N–H and O–H groups in total. The van der Waals surface area contributed by atoms with E-state index in [1.165, 1.54) is 6.92 Å². The minimum atomic E-state index is -0.402. The Balaban J connectivity index is 2.15. The Morgan fingerprint density at radius 1 is 1.00 bits per heavy atom. The molecule has 19 heavy (non-hydrogen) atoms. The summed E-state index contributed by atoms with van der Waals surface area (Å²) >= 11 is 2.09. The quantitative estimate of drug-likeness (QED) is 0.360. The number of ether oxygens (including phenoxy) is 1. The lowest BCUT2D eigenvalue weighted by Crippen LogP contribution is -2.10. The van der Waals surface area contributed by atoms with E-state index in [4.69, 9.17) is 4.74 Å². The molecule has 2 aromatic carbocycles. The predicted octanol–water partition coefficient (Wildman–Crippen LogP) is 3.71. The number of carbonyl (C=O) groups excluding carboxylic acids is 2. The molecule has 3 nitrogen and oxygen atoms in total. The molecule has 2 aromatic rings. The number of hydrogen-bond acceptors (Lipinski definition) is 3. The van der Waals surface area contributed by atoms with E-state index in [1.54, 1.807) is 36.4 Å². The number of halogens is 1. The number of Topliss-reactive ketones (excluding diaryl/α,β-unsaturated/α-hetero) is 1. The van der Waals surface area contributed by atoms with Crippen LogP contribution in [0.1, 0.15) is 27.6 Å². The summed E-state index contributed by atoms with van der Waals surface area (Å²) in [6.07, 6.45) is 0. The monoisotopic (exact) mass is 366 g/mol. The summed E-state index contributed by atoms with van der Waals surface area (Å²) in [4.78, 5) is 23.1. The molecule has 2 rings (SSSR count). The van der Waals surface area contributed by atoms with Gasteiger partial charge in [-0.3, -0.25) is 4.79 Å². The van der Waals surface area contributed by atoms with Crippen LogP contribution in [0.25, 0.3) is 0 Å². The van der Waals surface area contributed by atoms with Crippen molar-refractivity contribution in [1.29, 1.82) is 0 Å². The molecular formula is C15H11IO3. The molecule has 0 saturated heterocycles. The van der Waals surface area contributed by atoms with Crippen molar-refractivity contribution in [2.45, 2.75) is 6.92 Å². The van der Waals surface area contributed by atoms with Gasteiger partial charge in [0.25, 0.3) is 0 Å². The van der Waals surface area contributed by atoms with Gasteiger partial charge in [0.1, 0.15) is 5.75 Å². The second kappa shape index (κ2) is 5.97. The van der Waals surface area contributed by atoms with Gasteiger partial charge in [-0.2, -0.15) is 0 Å². The summed E-state index contributed by atoms with van der Waals surface area (Å²) < 4.78 is 6.10. The Labute approximate surface area is 124 Å². The Morgan fingerprint density at radius 3 is 2.21 bits per heavy atom. The average Bonchev–Trinajstić information content (AvgIpc) is 2.39. The van der Waals surface area contributed by atoms with Gasteiger partial charge in [0, 0.05) is 9.13 Å².